The van der Waals surface area contributed by atoms with Crippen molar-refractivity contribution in [2.24, 2.45) is 0 Å². The van der Waals surface area contributed by atoms with Crippen molar-refractivity contribution in [1.29, 1.82) is 0 Å². The zero-order valence-corrected chi connectivity index (χ0v) is 16.9. The second-order valence-electron chi connectivity index (χ2n) is 7.01. The highest BCUT2D eigenvalue weighted by Crippen LogP contribution is 2.29. The molecule has 0 saturated carbocycles. The van der Waals surface area contributed by atoms with Crippen molar-refractivity contribution >= 4 is 22.9 Å². The molecule has 2 aromatic carbocycles. The molecule has 2 heterocycles. The van der Waals surface area contributed by atoms with Crippen molar-refractivity contribution in [3.05, 3.63) is 71.7 Å². The SMILES string of the molecule is COc1ccc(-c2cnc3c(Nc4ccc(C(C)=O)c(C)c4)nccn23)cc1C. The van der Waals surface area contributed by atoms with Crippen LogP contribution in [0.1, 0.15) is 28.4 Å². The van der Waals surface area contributed by atoms with Crippen LogP contribution in [-0.4, -0.2) is 27.3 Å². The summed E-state index contributed by atoms with van der Waals surface area (Å²) >= 11 is 0. The second kappa shape index (κ2) is 7.39. The van der Waals surface area contributed by atoms with E-state index < -0.39 is 0 Å². The summed E-state index contributed by atoms with van der Waals surface area (Å²) in [5.74, 6) is 1.57. The first-order valence-electron chi connectivity index (χ1n) is 9.33. The number of rotatable bonds is 5. The van der Waals surface area contributed by atoms with E-state index in [9.17, 15) is 4.79 Å². The molecule has 0 aliphatic heterocycles. The first-order valence-corrected chi connectivity index (χ1v) is 9.33. The summed E-state index contributed by atoms with van der Waals surface area (Å²) in [6.07, 6.45) is 5.48. The van der Waals surface area contributed by atoms with Crippen LogP contribution in [0.15, 0.2) is 55.0 Å². The van der Waals surface area contributed by atoms with Crippen LogP contribution in [-0.2, 0) is 0 Å². The predicted molar refractivity (Wildman–Crippen MR) is 114 cm³/mol. The number of nitrogens with one attached hydrogen (secondary N) is 1. The number of hydrogen-bond donors (Lipinski definition) is 1. The molecule has 0 aliphatic carbocycles. The zero-order chi connectivity index (χ0) is 20.5. The third kappa shape index (κ3) is 3.45. The van der Waals surface area contributed by atoms with Crippen molar-refractivity contribution < 1.29 is 9.53 Å². The van der Waals surface area contributed by atoms with Crippen molar-refractivity contribution in [1.82, 2.24) is 14.4 Å². The normalized spacial score (nSPS) is 10.9. The lowest BCUT2D eigenvalue weighted by atomic mass is 10.0. The highest BCUT2D eigenvalue weighted by molar-refractivity contribution is 5.96. The molecule has 0 atom stereocenters. The number of anilines is 2. The van der Waals surface area contributed by atoms with Gasteiger partial charge in [0.25, 0.3) is 0 Å². The molecule has 146 valence electrons. The van der Waals surface area contributed by atoms with Gasteiger partial charge in [0.1, 0.15) is 5.75 Å². The zero-order valence-electron chi connectivity index (χ0n) is 16.9. The van der Waals surface area contributed by atoms with Crippen molar-refractivity contribution in [2.75, 3.05) is 12.4 Å². The van der Waals surface area contributed by atoms with Crippen molar-refractivity contribution in [3.63, 3.8) is 0 Å². The molecule has 0 bridgehead atoms. The molecule has 4 aromatic rings. The molecule has 0 saturated heterocycles. The molecule has 2 aromatic heterocycles. The fourth-order valence-electron chi connectivity index (χ4n) is 3.53. The van der Waals surface area contributed by atoms with Gasteiger partial charge in [0.05, 0.1) is 19.0 Å². The number of hydrogen-bond acceptors (Lipinski definition) is 5. The number of Topliss-reactive ketones (excluding diaryl/α,β-unsaturated/α-hetero) is 1. The number of ketones is 1. The van der Waals surface area contributed by atoms with Gasteiger partial charge in [0.15, 0.2) is 17.2 Å². The largest absolute Gasteiger partial charge is 0.496 e. The molecule has 0 unspecified atom stereocenters. The molecular weight excluding hydrogens is 364 g/mol. The molecule has 0 spiro atoms. The van der Waals surface area contributed by atoms with E-state index in [2.05, 4.69) is 21.4 Å². The van der Waals surface area contributed by atoms with Crippen LogP contribution in [0.4, 0.5) is 11.5 Å². The fraction of sp³-hybridized carbons (Fsp3) is 0.174. The van der Waals surface area contributed by atoms with Gasteiger partial charge >= 0.3 is 0 Å². The van der Waals surface area contributed by atoms with E-state index in [1.165, 1.54) is 0 Å². The number of methoxy groups -OCH3 is 1. The maximum Gasteiger partial charge on any atom is 0.180 e. The van der Waals surface area contributed by atoms with E-state index in [1.807, 2.05) is 61.0 Å². The van der Waals surface area contributed by atoms with E-state index in [0.717, 1.165) is 45.0 Å². The third-order valence-corrected chi connectivity index (χ3v) is 4.99. The maximum absolute atomic E-state index is 11.7. The monoisotopic (exact) mass is 386 g/mol. The third-order valence-electron chi connectivity index (χ3n) is 4.99. The van der Waals surface area contributed by atoms with Gasteiger partial charge < -0.3 is 10.1 Å². The summed E-state index contributed by atoms with van der Waals surface area (Å²) in [6, 6.07) is 11.7. The molecule has 1 N–H and O–H groups in total. The van der Waals surface area contributed by atoms with Crippen LogP contribution in [0, 0.1) is 13.8 Å². The number of fused-ring (bicyclic) bond motifs is 1. The van der Waals surface area contributed by atoms with Crippen LogP contribution in [0.2, 0.25) is 0 Å². The summed E-state index contributed by atoms with van der Waals surface area (Å²) in [5.41, 5.74) is 6.32. The molecule has 0 fully saturated rings. The van der Waals surface area contributed by atoms with E-state index in [0.29, 0.717) is 5.82 Å². The number of aryl methyl sites for hydroxylation is 2. The highest BCUT2D eigenvalue weighted by atomic mass is 16.5. The molecule has 6 nitrogen and oxygen atoms in total. The van der Waals surface area contributed by atoms with Gasteiger partial charge in [-0.15, -0.1) is 0 Å². The van der Waals surface area contributed by atoms with Gasteiger partial charge in [-0.2, -0.15) is 0 Å². The Bertz CT molecular complexity index is 1230. The summed E-state index contributed by atoms with van der Waals surface area (Å²) < 4.78 is 7.37. The highest BCUT2D eigenvalue weighted by Gasteiger charge is 2.12. The number of carbonyl (C=O) groups is 1. The van der Waals surface area contributed by atoms with Crippen LogP contribution >= 0.6 is 0 Å². The van der Waals surface area contributed by atoms with Gasteiger partial charge in [-0.05, 0) is 68.3 Å². The molecule has 4 rings (SSSR count). The maximum atomic E-state index is 11.7. The Morgan fingerprint density at radius 3 is 2.59 bits per heavy atom. The number of carbonyl (C=O) groups excluding carboxylic acids is 1. The van der Waals surface area contributed by atoms with E-state index in [1.54, 1.807) is 20.2 Å². The molecule has 29 heavy (non-hydrogen) atoms. The first-order chi connectivity index (χ1) is 14.0. The van der Waals surface area contributed by atoms with Gasteiger partial charge in [-0.1, -0.05) is 0 Å². The minimum Gasteiger partial charge on any atom is -0.496 e. The Hall–Kier alpha value is -3.67. The first kappa shape index (κ1) is 18.7. The number of nitrogens with zero attached hydrogens (tertiary/aromatic N) is 3. The molecular formula is C23H22N4O2. The Labute approximate surface area is 169 Å². The predicted octanol–water partition coefficient (Wildman–Crippen LogP) is 4.97. The number of benzene rings is 2. The van der Waals surface area contributed by atoms with E-state index in [4.69, 9.17) is 4.74 Å². The molecule has 0 aliphatic rings. The number of ether oxygens (including phenoxy) is 1. The standard InChI is InChI=1S/C23H22N4O2/c1-14-12-18(6-7-19(14)16(3)28)26-22-23-25-13-20(27(23)10-9-24-22)17-5-8-21(29-4)15(2)11-17/h5-13H,1-4H3,(H,24,26). The lowest BCUT2D eigenvalue weighted by Crippen LogP contribution is -2.01. The summed E-state index contributed by atoms with van der Waals surface area (Å²) in [7, 11) is 1.67. The molecule has 0 amide bonds. The number of imidazole rings is 1. The minimum atomic E-state index is 0.0574. The smallest absolute Gasteiger partial charge is 0.180 e. The molecule has 0 radical (unpaired) electrons. The Morgan fingerprint density at radius 2 is 1.90 bits per heavy atom. The average Bonchev–Trinajstić information content (AvgIpc) is 3.13. The summed E-state index contributed by atoms with van der Waals surface area (Å²) in [5, 5.41) is 3.32. The van der Waals surface area contributed by atoms with Gasteiger partial charge in [-0.3, -0.25) is 9.20 Å². The summed E-state index contributed by atoms with van der Waals surface area (Å²) in [6.45, 7) is 5.52. The average molecular weight is 386 g/mol. The topological polar surface area (TPSA) is 68.5 Å². The second-order valence-corrected chi connectivity index (χ2v) is 7.01. The van der Waals surface area contributed by atoms with Crippen molar-refractivity contribution in [2.45, 2.75) is 20.8 Å². The van der Waals surface area contributed by atoms with Gasteiger partial charge in [0, 0.05) is 29.2 Å². The lowest BCUT2D eigenvalue weighted by Gasteiger charge is -2.10. The number of aromatic nitrogens is 3. The van der Waals surface area contributed by atoms with Crippen LogP contribution < -0.4 is 10.1 Å². The van der Waals surface area contributed by atoms with Gasteiger partial charge in [0.2, 0.25) is 0 Å². The quantitative estimate of drug-likeness (QED) is 0.491. The lowest BCUT2D eigenvalue weighted by molar-refractivity contribution is 0.101. The van der Waals surface area contributed by atoms with Crippen LogP contribution in [0.25, 0.3) is 16.9 Å². The Morgan fingerprint density at radius 1 is 1.07 bits per heavy atom. The Kier molecular flexibility index (Phi) is 4.76. The van der Waals surface area contributed by atoms with Crippen LogP contribution in [0.5, 0.6) is 5.75 Å². The van der Waals surface area contributed by atoms with Crippen molar-refractivity contribution in [3.8, 4) is 17.0 Å². The van der Waals surface area contributed by atoms with E-state index in [-0.39, 0.29) is 5.78 Å². The van der Waals surface area contributed by atoms with Gasteiger partial charge in [-0.25, -0.2) is 9.97 Å². The fourth-order valence-corrected chi connectivity index (χ4v) is 3.53. The minimum absolute atomic E-state index is 0.0574. The summed E-state index contributed by atoms with van der Waals surface area (Å²) in [4.78, 5) is 20.7. The Balaban J connectivity index is 1.72. The van der Waals surface area contributed by atoms with E-state index >= 15 is 0 Å². The molecule has 6 heteroatoms. The van der Waals surface area contributed by atoms with Crippen LogP contribution in [0.3, 0.4) is 0 Å².